The lowest BCUT2D eigenvalue weighted by atomic mass is 10.1. The summed E-state index contributed by atoms with van der Waals surface area (Å²) >= 11 is 1.33. The van der Waals surface area contributed by atoms with Gasteiger partial charge in [-0.2, -0.15) is 0 Å². The van der Waals surface area contributed by atoms with Crippen molar-refractivity contribution in [2.75, 3.05) is 25.0 Å². The van der Waals surface area contributed by atoms with Crippen LogP contribution in [0.25, 0.3) is 11.3 Å². The van der Waals surface area contributed by atoms with Crippen molar-refractivity contribution >= 4 is 28.3 Å². The number of rotatable bonds is 5. The number of amides is 2. The third-order valence-electron chi connectivity index (χ3n) is 3.37. The molecule has 8 heteroatoms. The first kappa shape index (κ1) is 15.4. The number of ether oxygens (including phenoxy) is 1. The lowest BCUT2D eigenvalue weighted by Crippen LogP contribution is -2.36. The molecule has 0 aliphatic carbocycles. The number of carbonyl (C=O) groups is 2. The summed E-state index contributed by atoms with van der Waals surface area (Å²) in [5.74, 6) is 0.212. The molecule has 0 atom stereocenters. The summed E-state index contributed by atoms with van der Waals surface area (Å²) in [4.78, 5) is 27.1. The molecule has 0 radical (unpaired) electrons. The van der Waals surface area contributed by atoms with Crippen molar-refractivity contribution in [2.45, 2.75) is 6.42 Å². The Morgan fingerprint density at radius 3 is 3.04 bits per heavy atom. The molecule has 23 heavy (non-hydrogen) atoms. The zero-order valence-electron chi connectivity index (χ0n) is 12.3. The third-order valence-corrected chi connectivity index (χ3v) is 4.12. The minimum absolute atomic E-state index is 0.124. The zero-order chi connectivity index (χ0) is 16.2. The van der Waals surface area contributed by atoms with E-state index < -0.39 is 0 Å². The van der Waals surface area contributed by atoms with Gasteiger partial charge in [-0.1, -0.05) is 0 Å². The van der Waals surface area contributed by atoms with E-state index in [1.807, 2.05) is 17.5 Å². The van der Waals surface area contributed by atoms with Crippen LogP contribution in [0, 0.1) is 0 Å². The lowest BCUT2D eigenvalue weighted by molar-refractivity contribution is -0.123. The highest BCUT2D eigenvalue weighted by Crippen LogP contribution is 2.31. The molecule has 0 saturated carbocycles. The lowest BCUT2D eigenvalue weighted by Gasteiger charge is -2.03. The van der Waals surface area contributed by atoms with E-state index >= 15 is 0 Å². The Labute approximate surface area is 136 Å². The van der Waals surface area contributed by atoms with E-state index in [9.17, 15) is 9.59 Å². The second kappa shape index (κ2) is 6.76. The van der Waals surface area contributed by atoms with Crippen LogP contribution >= 0.6 is 11.3 Å². The van der Waals surface area contributed by atoms with Gasteiger partial charge in [0.2, 0.25) is 11.8 Å². The molecule has 1 aliphatic rings. The number of hydrogen-bond donors (Lipinski definition) is 3. The smallest absolute Gasteiger partial charge is 0.245 e. The molecule has 0 fully saturated rings. The number of aromatic nitrogens is 1. The molecule has 7 nitrogen and oxygen atoms in total. The Bertz CT molecular complexity index is 744. The molecule has 2 amide bonds. The van der Waals surface area contributed by atoms with Crippen LogP contribution < -0.4 is 21.1 Å². The second-order valence-electron chi connectivity index (χ2n) is 4.99. The van der Waals surface area contributed by atoms with E-state index in [1.54, 1.807) is 0 Å². The molecular weight excluding hydrogens is 316 g/mol. The van der Waals surface area contributed by atoms with Crippen molar-refractivity contribution in [3.05, 3.63) is 29.1 Å². The van der Waals surface area contributed by atoms with Crippen LogP contribution in [0.2, 0.25) is 0 Å². The number of benzene rings is 1. The number of nitrogens with two attached hydrogens (primary N) is 1. The SMILES string of the molecule is NCC(=O)NCC(=O)Nc1nc(-c2ccc3c(c2)CCO3)cs1. The Morgan fingerprint density at radius 2 is 2.22 bits per heavy atom. The van der Waals surface area contributed by atoms with Gasteiger partial charge in [-0.3, -0.25) is 9.59 Å². The predicted octanol–water partition coefficient (Wildman–Crippen LogP) is 0.758. The molecule has 4 N–H and O–H groups in total. The molecular formula is C15H16N4O3S. The summed E-state index contributed by atoms with van der Waals surface area (Å²) < 4.78 is 5.48. The van der Waals surface area contributed by atoms with E-state index in [0.29, 0.717) is 11.7 Å². The molecule has 0 spiro atoms. The van der Waals surface area contributed by atoms with Gasteiger partial charge in [0.25, 0.3) is 0 Å². The normalized spacial score (nSPS) is 12.4. The molecule has 1 aliphatic heterocycles. The predicted molar refractivity (Wildman–Crippen MR) is 87.4 cm³/mol. The van der Waals surface area contributed by atoms with Gasteiger partial charge in [0, 0.05) is 17.4 Å². The standard InChI is InChI=1S/C15H16N4O3S/c16-6-13(20)17-7-14(21)19-15-18-11(8-23-15)9-1-2-12-10(5-9)3-4-22-12/h1-2,5,8H,3-4,6-7,16H2,(H,17,20)(H,18,19,21). The van der Waals surface area contributed by atoms with E-state index in [0.717, 1.165) is 23.4 Å². The number of carbonyl (C=O) groups excluding carboxylic acids is 2. The average molecular weight is 332 g/mol. The summed E-state index contributed by atoms with van der Waals surface area (Å²) in [6.45, 7) is 0.448. The number of nitrogens with one attached hydrogen (secondary N) is 2. The maximum absolute atomic E-state index is 11.7. The van der Waals surface area contributed by atoms with E-state index in [4.69, 9.17) is 10.5 Å². The van der Waals surface area contributed by atoms with Crippen molar-refractivity contribution in [2.24, 2.45) is 5.73 Å². The molecule has 1 aromatic carbocycles. The van der Waals surface area contributed by atoms with Crippen molar-refractivity contribution < 1.29 is 14.3 Å². The average Bonchev–Trinajstić information content (AvgIpc) is 3.20. The van der Waals surface area contributed by atoms with E-state index in [1.165, 1.54) is 16.9 Å². The number of anilines is 1. The zero-order valence-corrected chi connectivity index (χ0v) is 13.1. The quantitative estimate of drug-likeness (QED) is 0.749. The fraction of sp³-hybridized carbons (Fsp3) is 0.267. The molecule has 2 aromatic rings. The fourth-order valence-electron chi connectivity index (χ4n) is 2.22. The summed E-state index contributed by atoms with van der Waals surface area (Å²) in [6.07, 6.45) is 0.901. The highest BCUT2D eigenvalue weighted by Gasteiger charge is 2.14. The second-order valence-corrected chi connectivity index (χ2v) is 5.85. The molecule has 0 saturated heterocycles. The first-order valence-corrected chi connectivity index (χ1v) is 8.02. The van der Waals surface area contributed by atoms with Gasteiger partial charge in [-0.15, -0.1) is 11.3 Å². The summed E-state index contributed by atoms with van der Waals surface area (Å²) in [5.41, 5.74) is 8.11. The van der Waals surface area contributed by atoms with Crippen LogP contribution in [0.1, 0.15) is 5.56 Å². The number of fused-ring (bicyclic) bond motifs is 1. The Kier molecular flexibility index (Phi) is 4.54. The third kappa shape index (κ3) is 3.66. The van der Waals surface area contributed by atoms with Crippen LogP contribution in [0.4, 0.5) is 5.13 Å². The van der Waals surface area contributed by atoms with Gasteiger partial charge in [0.1, 0.15) is 5.75 Å². The van der Waals surface area contributed by atoms with Crippen LogP contribution in [-0.4, -0.2) is 36.5 Å². The summed E-state index contributed by atoms with van der Waals surface area (Å²) in [7, 11) is 0. The van der Waals surface area contributed by atoms with Crippen molar-refractivity contribution in [1.29, 1.82) is 0 Å². The fourth-order valence-corrected chi connectivity index (χ4v) is 2.96. The largest absolute Gasteiger partial charge is 0.493 e. The van der Waals surface area contributed by atoms with E-state index in [2.05, 4.69) is 21.7 Å². The Hall–Kier alpha value is -2.45. The topological polar surface area (TPSA) is 106 Å². The van der Waals surface area contributed by atoms with Crippen LogP contribution in [0.3, 0.4) is 0 Å². The summed E-state index contributed by atoms with van der Waals surface area (Å²) in [5, 5.41) is 7.43. The maximum Gasteiger partial charge on any atom is 0.245 e. The van der Waals surface area contributed by atoms with Crippen molar-refractivity contribution in [1.82, 2.24) is 10.3 Å². The molecule has 2 heterocycles. The van der Waals surface area contributed by atoms with Crippen LogP contribution in [0.5, 0.6) is 5.75 Å². The number of thiazole rings is 1. The highest BCUT2D eigenvalue weighted by molar-refractivity contribution is 7.14. The Balaban J connectivity index is 1.64. The van der Waals surface area contributed by atoms with Gasteiger partial charge in [0.05, 0.1) is 25.4 Å². The first-order chi connectivity index (χ1) is 11.2. The molecule has 120 valence electrons. The summed E-state index contributed by atoms with van der Waals surface area (Å²) in [6, 6.07) is 5.95. The first-order valence-electron chi connectivity index (χ1n) is 7.14. The van der Waals surface area contributed by atoms with Crippen molar-refractivity contribution in [3.63, 3.8) is 0 Å². The number of nitrogens with zero attached hydrogens (tertiary/aromatic N) is 1. The van der Waals surface area contributed by atoms with Gasteiger partial charge in [0.15, 0.2) is 5.13 Å². The highest BCUT2D eigenvalue weighted by atomic mass is 32.1. The molecule has 0 bridgehead atoms. The minimum Gasteiger partial charge on any atom is -0.493 e. The van der Waals surface area contributed by atoms with Gasteiger partial charge >= 0.3 is 0 Å². The monoisotopic (exact) mass is 332 g/mol. The maximum atomic E-state index is 11.7. The number of hydrogen-bond acceptors (Lipinski definition) is 6. The molecule has 0 unspecified atom stereocenters. The van der Waals surface area contributed by atoms with Crippen LogP contribution in [0.15, 0.2) is 23.6 Å². The minimum atomic E-state index is -0.375. The van der Waals surface area contributed by atoms with E-state index in [-0.39, 0.29) is 24.9 Å². The Morgan fingerprint density at radius 1 is 1.35 bits per heavy atom. The van der Waals surface area contributed by atoms with Gasteiger partial charge in [-0.25, -0.2) is 4.98 Å². The van der Waals surface area contributed by atoms with Gasteiger partial charge in [-0.05, 0) is 23.8 Å². The van der Waals surface area contributed by atoms with Crippen LogP contribution in [-0.2, 0) is 16.0 Å². The molecule has 3 rings (SSSR count). The van der Waals surface area contributed by atoms with Crippen molar-refractivity contribution in [3.8, 4) is 17.0 Å². The van der Waals surface area contributed by atoms with Gasteiger partial charge < -0.3 is 21.1 Å². The molecule has 1 aromatic heterocycles.